The van der Waals surface area contributed by atoms with Gasteiger partial charge in [0.25, 0.3) is 17.7 Å². The van der Waals surface area contributed by atoms with E-state index in [1.54, 1.807) is 23.1 Å². The summed E-state index contributed by atoms with van der Waals surface area (Å²) < 4.78 is 0. The largest absolute Gasteiger partial charge is 0.338 e. The highest BCUT2D eigenvalue weighted by Crippen LogP contribution is 2.33. The molecule has 27 heavy (non-hydrogen) atoms. The first-order valence-corrected chi connectivity index (χ1v) is 9.95. The zero-order valence-electron chi connectivity index (χ0n) is 15.9. The lowest BCUT2D eigenvalue weighted by molar-refractivity contribution is 0.0548. The third kappa shape index (κ3) is 3.06. The number of benzene rings is 1. The summed E-state index contributed by atoms with van der Waals surface area (Å²) in [7, 11) is 0. The van der Waals surface area contributed by atoms with Crippen molar-refractivity contribution in [3.63, 3.8) is 0 Å². The highest BCUT2D eigenvalue weighted by atomic mass is 16.2. The molecule has 1 atom stereocenters. The van der Waals surface area contributed by atoms with Crippen molar-refractivity contribution < 1.29 is 14.4 Å². The van der Waals surface area contributed by atoms with Gasteiger partial charge in [-0.15, -0.1) is 0 Å². The second kappa shape index (κ2) is 6.75. The summed E-state index contributed by atoms with van der Waals surface area (Å²) in [5.74, 6) is -0.547. The molecule has 1 saturated heterocycles. The van der Waals surface area contributed by atoms with Crippen molar-refractivity contribution in [2.45, 2.75) is 51.5 Å². The maximum absolute atomic E-state index is 12.9. The average molecular weight is 369 g/mol. The van der Waals surface area contributed by atoms with Gasteiger partial charge in [-0.3, -0.25) is 19.3 Å². The number of hydrogen-bond donors (Lipinski definition) is 1. The van der Waals surface area contributed by atoms with Gasteiger partial charge in [0.1, 0.15) is 0 Å². The predicted octanol–water partition coefficient (Wildman–Crippen LogP) is 2.43. The molecule has 2 N–H and O–H groups in total. The fourth-order valence-corrected chi connectivity index (χ4v) is 4.61. The monoisotopic (exact) mass is 369 g/mol. The molecule has 3 aliphatic rings. The van der Waals surface area contributed by atoms with Crippen LogP contribution in [0.1, 0.15) is 76.5 Å². The summed E-state index contributed by atoms with van der Waals surface area (Å²) in [5, 5.41) is 0. The molecule has 2 aliphatic heterocycles. The van der Waals surface area contributed by atoms with Crippen LogP contribution in [0.5, 0.6) is 0 Å². The Morgan fingerprint density at radius 1 is 1.15 bits per heavy atom. The molecule has 4 rings (SSSR count). The fraction of sp³-hybridized carbons (Fsp3) is 0.571. The van der Waals surface area contributed by atoms with Crippen LogP contribution in [0, 0.1) is 5.41 Å². The van der Waals surface area contributed by atoms with Crippen molar-refractivity contribution in [3.8, 4) is 0 Å². The van der Waals surface area contributed by atoms with Crippen molar-refractivity contribution in [2.75, 3.05) is 19.6 Å². The van der Waals surface area contributed by atoms with Crippen LogP contribution in [0.4, 0.5) is 0 Å². The van der Waals surface area contributed by atoms with Crippen LogP contribution < -0.4 is 5.73 Å². The molecule has 6 heteroatoms. The molecule has 0 radical (unpaired) electrons. The molecule has 2 fully saturated rings. The lowest BCUT2D eigenvalue weighted by atomic mass is 9.90. The van der Waals surface area contributed by atoms with Gasteiger partial charge in [0.2, 0.25) is 0 Å². The average Bonchev–Trinajstić information content (AvgIpc) is 3.21. The van der Waals surface area contributed by atoms with Crippen LogP contribution in [-0.2, 0) is 0 Å². The Hall–Kier alpha value is -2.21. The molecule has 1 saturated carbocycles. The highest BCUT2D eigenvalue weighted by molar-refractivity contribution is 6.22. The summed E-state index contributed by atoms with van der Waals surface area (Å²) in [4.78, 5) is 41.8. The number of nitrogens with zero attached hydrogens (tertiary/aromatic N) is 2. The van der Waals surface area contributed by atoms with E-state index in [4.69, 9.17) is 5.73 Å². The van der Waals surface area contributed by atoms with Gasteiger partial charge in [0, 0.05) is 24.7 Å². The third-order valence-corrected chi connectivity index (χ3v) is 6.44. The number of carbonyl (C=O) groups excluding carboxylic acids is 3. The molecule has 0 spiro atoms. The topological polar surface area (TPSA) is 83.7 Å². The predicted molar refractivity (Wildman–Crippen MR) is 101 cm³/mol. The Kier molecular flexibility index (Phi) is 4.54. The molecular weight excluding hydrogens is 342 g/mol. The van der Waals surface area contributed by atoms with Crippen molar-refractivity contribution in [2.24, 2.45) is 11.1 Å². The maximum atomic E-state index is 12.9. The van der Waals surface area contributed by atoms with E-state index in [1.165, 1.54) is 4.90 Å². The normalized spacial score (nSPS) is 26.0. The van der Waals surface area contributed by atoms with Gasteiger partial charge in [-0.25, -0.2) is 0 Å². The number of likely N-dealkylation sites (tertiary alicyclic amines) is 1. The molecule has 1 unspecified atom stereocenters. The highest BCUT2D eigenvalue weighted by Gasteiger charge is 2.41. The van der Waals surface area contributed by atoms with Gasteiger partial charge in [-0.2, -0.15) is 0 Å². The Labute approximate surface area is 159 Å². The Balaban J connectivity index is 1.57. The van der Waals surface area contributed by atoms with Crippen LogP contribution in [0.15, 0.2) is 18.2 Å². The first-order valence-electron chi connectivity index (χ1n) is 9.95. The van der Waals surface area contributed by atoms with Crippen LogP contribution in [0.25, 0.3) is 0 Å². The van der Waals surface area contributed by atoms with Crippen molar-refractivity contribution in [1.29, 1.82) is 0 Å². The lowest BCUT2D eigenvalue weighted by Crippen LogP contribution is -2.40. The van der Waals surface area contributed by atoms with E-state index in [2.05, 4.69) is 6.92 Å². The number of rotatable bonds is 3. The first kappa shape index (κ1) is 18.2. The van der Waals surface area contributed by atoms with Gasteiger partial charge in [0.05, 0.1) is 11.1 Å². The number of imide groups is 1. The molecule has 1 aromatic carbocycles. The standard InChI is InChI=1S/C21H27N3O3/c1-21(12-22)9-10-23(13-21)18(25)14-7-8-16-17(11-14)20(27)24(19(16)26)15-5-3-2-4-6-15/h7-8,11,15H,2-6,9-10,12-13,22H2,1H3. The zero-order valence-corrected chi connectivity index (χ0v) is 15.9. The van der Waals surface area contributed by atoms with Gasteiger partial charge in [-0.1, -0.05) is 26.2 Å². The second-order valence-electron chi connectivity index (χ2n) is 8.52. The number of amides is 3. The van der Waals surface area contributed by atoms with E-state index in [-0.39, 0.29) is 29.2 Å². The van der Waals surface area contributed by atoms with Crippen LogP contribution >= 0.6 is 0 Å². The molecular formula is C21H27N3O3. The molecule has 3 amide bonds. The van der Waals surface area contributed by atoms with Crippen molar-refractivity contribution in [3.05, 3.63) is 34.9 Å². The lowest BCUT2D eigenvalue weighted by Gasteiger charge is -2.29. The third-order valence-electron chi connectivity index (χ3n) is 6.44. The second-order valence-corrected chi connectivity index (χ2v) is 8.52. The number of fused-ring (bicyclic) bond motifs is 1. The van der Waals surface area contributed by atoms with Gasteiger partial charge < -0.3 is 10.6 Å². The molecule has 6 nitrogen and oxygen atoms in total. The SMILES string of the molecule is CC1(CN)CCN(C(=O)c2ccc3c(c2)C(=O)N(C2CCCCC2)C3=O)C1. The summed E-state index contributed by atoms with van der Waals surface area (Å²) in [6, 6.07) is 4.92. The summed E-state index contributed by atoms with van der Waals surface area (Å²) in [6.45, 7) is 3.93. The van der Waals surface area contributed by atoms with Crippen molar-refractivity contribution >= 4 is 17.7 Å². The smallest absolute Gasteiger partial charge is 0.261 e. The van der Waals surface area contributed by atoms with Gasteiger partial charge in [0.15, 0.2) is 0 Å². The minimum Gasteiger partial charge on any atom is -0.338 e. The minimum absolute atomic E-state index is 0.00542. The minimum atomic E-state index is -0.246. The summed E-state index contributed by atoms with van der Waals surface area (Å²) >= 11 is 0. The Morgan fingerprint density at radius 2 is 1.85 bits per heavy atom. The molecule has 1 aliphatic carbocycles. The van der Waals surface area contributed by atoms with Crippen LogP contribution in [0.2, 0.25) is 0 Å². The van der Waals surface area contributed by atoms with E-state index < -0.39 is 0 Å². The van der Waals surface area contributed by atoms with Gasteiger partial charge >= 0.3 is 0 Å². The summed E-state index contributed by atoms with van der Waals surface area (Å²) in [5.41, 5.74) is 7.06. The number of hydrogen-bond acceptors (Lipinski definition) is 4. The van der Waals surface area contributed by atoms with E-state index >= 15 is 0 Å². The maximum Gasteiger partial charge on any atom is 0.261 e. The molecule has 0 aromatic heterocycles. The van der Waals surface area contributed by atoms with Crippen molar-refractivity contribution in [1.82, 2.24) is 9.80 Å². The first-order chi connectivity index (χ1) is 12.9. The molecule has 144 valence electrons. The zero-order chi connectivity index (χ0) is 19.2. The Morgan fingerprint density at radius 3 is 2.52 bits per heavy atom. The van der Waals surface area contributed by atoms with Crippen LogP contribution in [-0.4, -0.2) is 53.2 Å². The van der Waals surface area contributed by atoms with E-state index in [0.717, 1.165) is 38.5 Å². The van der Waals surface area contributed by atoms with Crippen LogP contribution in [0.3, 0.4) is 0 Å². The fourth-order valence-electron chi connectivity index (χ4n) is 4.61. The van der Waals surface area contributed by atoms with E-state index in [9.17, 15) is 14.4 Å². The Bertz CT molecular complexity index is 800. The number of nitrogens with two attached hydrogens (primary N) is 1. The summed E-state index contributed by atoms with van der Waals surface area (Å²) in [6.07, 6.45) is 5.90. The molecule has 0 bridgehead atoms. The number of carbonyl (C=O) groups is 3. The molecule has 2 heterocycles. The van der Waals surface area contributed by atoms with E-state index in [1.807, 2.05) is 0 Å². The van der Waals surface area contributed by atoms with E-state index in [0.29, 0.717) is 36.3 Å². The quantitative estimate of drug-likeness (QED) is 0.830. The molecule has 1 aromatic rings. The van der Waals surface area contributed by atoms with Gasteiger partial charge in [-0.05, 0) is 49.4 Å².